The Morgan fingerprint density at radius 1 is 1.38 bits per heavy atom. The van der Waals surface area contributed by atoms with Crippen molar-refractivity contribution in [2.75, 3.05) is 13.7 Å². The van der Waals surface area contributed by atoms with E-state index < -0.39 is 47.4 Å². The SMILES string of the molecule is C[C@@H](C(=O)N[C@H]1CCO[C@H]2CC(C)(C)[C@@H](C=O)N2C1=O)N(C)C(=O)OC(C)(C)C. The van der Waals surface area contributed by atoms with Crippen LogP contribution in [0.15, 0.2) is 0 Å². The Labute approximate surface area is 172 Å². The Hall–Kier alpha value is -2.16. The molecule has 2 saturated heterocycles. The molecule has 2 fully saturated rings. The van der Waals surface area contributed by atoms with Gasteiger partial charge >= 0.3 is 6.09 Å². The summed E-state index contributed by atoms with van der Waals surface area (Å²) in [5.74, 6) is -0.813. The van der Waals surface area contributed by atoms with E-state index in [1.807, 2.05) is 13.8 Å². The highest BCUT2D eigenvalue weighted by molar-refractivity contribution is 5.92. The zero-order chi connectivity index (χ0) is 22.1. The van der Waals surface area contributed by atoms with Crippen LogP contribution in [0.3, 0.4) is 0 Å². The molecule has 0 spiro atoms. The van der Waals surface area contributed by atoms with Crippen LogP contribution in [-0.4, -0.2) is 77.6 Å². The molecule has 0 bridgehead atoms. The number of carbonyl (C=O) groups excluding carboxylic acids is 4. The van der Waals surface area contributed by atoms with Gasteiger partial charge in [0.1, 0.15) is 30.2 Å². The summed E-state index contributed by atoms with van der Waals surface area (Å²) in [6.45, 7) is 10.9. The highest BCUT2D eigenvalue weighted by Gasteiger charge is 2.51. The average molecular weight is 411 g/mol. The molecule has 2 aliphatic heterocycles. The number of ether oxygens (including phenoxy) is 2. The zero-order valence-electron chi connectivity index (χ0n) is 18.4. The van der Waals surface area contributed by atoms with Crippen LogP contribution in [0, 0.1) is 5.41 Å². The molecular formula is C20H33N3O6. The van der Waals surface area contributed by atoms with Crippen molar-refractivity contribution in [3.63, 3.8) is 0 Å². The summed E-state index contributed by atoms with van der Waals surface area (Å²) in [7, 11) is 1.47. The second kappa shape index (κ2) is 8.30. The van der Waals surface area contributed by atoms with Gasteiger partial charge in [0.25, 0.3) is 0 Å². The van der Waals surface area contributed by atoms with Crippen molar-refractivity contribution >= 4 is 24.2 Å². The van der Waals surface area contributed by atoms with Gasteiger partial charge in [0.2, 0.25) is 11.8 Å². The number of likely N-dealkylation sites (N-methyl/N-ethyl adjacent to an activating group) is 1. The quantitative estimate of drug-likeness (QED) is 0.699. The first-order valence-electron chi connectivity index (χ1n) is 9.94. The van der Waals surface area contributed by atoms with Crippen molar-refractivity contribution < 1.29 is 28.7 Å². The summed E-state index contributed by atoms with van der Waals surface area (Å²) >= 11 is 0. The second-order valence-corrected chi connectivity index (χ2v) is 9.46. The minimum Gasteiger partial charge on any atom is -0.444 e. The number of nitrogens with one attached hydrogen (secondary N) is 1. The first-order chi connectivity index (χ1) is 13.3. The highest BCUT2D eigenvalue weighted by atomic mass is 16.6. The molecule has 2 aliphatic rings. The number of amides is 3. The fourth-order valence-corrected chi connectivity index (χ4v) is 3.61. The normalized spacial score (nSPS) is 27.5. The number of aldehydes is 1. The number of fused-ring (bicyclic) bond motifs is 1. The Bertz CT molecular complexity index is 672. The van der Waals surface area contributed by atoms with Crippen molar-refractivity contribution in [1.29, 1.82) is 0 Å². The molecule has 3 amide bonds. The molecule has 1 N–H and O–H groups in total. The molecule has 0 aromatic carbocycles. The van der Waals surface area contributed by atoms with Gasteiger partial charge in [-0.25, -0.2) is 4.79 Å². The lowest BCUT2D eigenvalue weighted by molar-refractivity contribution is -0.146. The molecule has 0 aromatic heterocycles. The summed E-state index contributed by atoms with van der Waals surface area (Å²) in [6, 6.07) is -2.27. The van der Waals surface area contributed by atoms with Crippen LogP contribution in [0.4, 0.5) is 4.79 Å². The second-order valence-electron chi connectivity index (χ2n) is 9.46. The number of nitrogens with zero attached hydrogens (tertiary/aromatic N) is 2. The third kappa shape index (κ3) is 5.07. The molecule has 9 heteroatoms. The monoisotopic (exact) mass is 411 g/mol. The van der Waals surface area contributed by atoms with Gasteiger partial charge in [-0.2, -0.15) is 0 Å². The van der Waals surface area contributed by atoms with E-state index in [0.717, 1.165) is 6.29 Å². The predicted octanol–water partition coefficient (Wildman–Crippen LogP) is 1.30. The maximum atomic E-state index is 13.1. The van der Waals surface area contributed by atoms with E-state index in [1.165, 1.54) is 16.8 Å². The van der Waals surface area contributed by atoms with Crippen molar-refractivity contribution in [3.8, 4) is 0 Å². The fraction of sp³-hybridized carbons (Fsp3) is 0.800. The predicted molar refractivity (Wildman–Crippen MR) is 105 cm³/mol. The summed E-state index contributed by atoms with van der Waals surface area (Å²) in [6.07, 6.45) is 0.520. The van der Waals surface area contributed by atoms with E-state index in [-0.39, 0.29) is 12.5 Å². The molecule has 0 aromatic rings. The van der Waals surface area contributed by atoms with Crippen LogP contribution >= 0.6 is 0 Å². The van der Waals surface area contributed by atoms with E-state index in [4.69, 9.17) is 9.47 Å². The number of carbonyl (C=O) groups is 4. The Kier molecular flexibility index (Phi) is 6.61. The van der Waals surface area contributed by atoms with Gasteiger partial charge in [-0.3, -0.25) is 14.5 Å². The fourth-order valence-electron chi connectivity index (χ4n) is 3.61. The molecule has 0 aliphatic carbocycles. The van der Waals surface area contributed by atoms with Gasteiger partial charge in [-0.1, -0.05) is 13.8 Å². The first-order valence-corrected chi connectivity index (χ1v) is 9.94. The van der Waals surface area contributed by atoms with Crippen LogP contribution < -0.4 is 5.32 Å². The molecule has 0 unspecified atom stereocenters. The van der Waals surface area contributed by atoms with E-state index in [1.54, 1.807) is 27.7 Å². The molecular weight excluding hydrogens is 378 g/mol. The molecule has 0 saturated carbocycles. The average Bonchev–Trinajstić information content (AvgIpc) is 2.77. The smallest absolute Gasteiger partial charge is 0.410 e. The van der Waals surface area contributed by atoms with E-state index in [2.05, 4.69) is 5.32 Å². The minimum absolute atomic E-state index is 0.287. The van der Waals surface area contributed by atoms with E-state index in [0.29, 0.717) is 12.8 Å². The molecule has 2 heterocycles. The van der Waals surface area contributed by atoms with Crippen LogP contribution in [0.5, 0.6) is 0 Å². The standard InChI is InChI=1S/C20H33N3O6/c1-12(22(7)18(27)29-19(2,3)4)16(25)21-13-8-9-28-15-10-20(5,6)14(11-24)23(15)17(13)26/h11-15H,8-10H2,1-7H3,(H,21,25)/t12-,13-,14+,15-/m0/s1. The van der Waals surface area contributed by atoms with Gasteiger partial charge < -0.3 is 24.5 Å². The lowest BCUT2D eigenvalue weighted by Crippen LogP contribution is -2.56. The molecule has 2 rings (SSSR count). The van der Waals surface area contributed by atoms with Crippen LogP contribution in [0.1, 0.15) is 54.4 Å². The Morgan fingerprint density at radius 2 is 2.00 bits per heavy atom. The van der Waals surface area contributed by atoms with Crippen molar-refractivity contribution in [2.24, 2.45) is 5.41 Å². The molecule has 164 valence electrons. The summed E-state index contributed by atoms with van der Waals surface area (Å²) < 4.78 is 11.1. The molecule has 0 radical (unpaired) electrons. The molecule has 4 atom stereocenters. The van der Waals surface area contributed by atoms with Gasteiger partial charge in [0.05, 0.1) is 12.6 Å². The summed E-state index contributed by atoms with van der Waals surface area (Å²) in [4.78, 5) is 52.3. The summed E-state index contributed by atoms with van der Waals surface area (Å²) in [5.41, 5.74) is -1.09. The van der Waals surface area contributed by atoms with Crippen LogP contribution in [-0.2, 0) is 23.9 Å². The maximum Gasteiger partial charge on any atom is 0.410 e. The lowest BCUT2D eigenvalue weighted by atomic mass is 9.85. The summed E-state index contributed by atoms with van der Waals surface area (Å²) in [5, 5.41) is 2.72. The van der Waals surface area contributed by atoms with Gasteiger partial charge in [0, 0.05) is 13.5 Å². The third-order valence-electron chi connectivity index (χ3n) is 5.47. The van der Waals surface area contributed by atoms with Gasteiger partial charge in [-0.05, 0) is 39.5 Å². The van der Waals surface area contributed by atoms with Gasteiger partial charge in [0.15, 0.2) is 0 Å². The third-order valence-corrected chi connectivity index (χ3v) is 5.47. The maximum absolute atomic E-state index is 13.1. The largest absolute Gasteiger partial charge is 0.444 e. The minimum atomic E-state index is -0.838. The zero-order valence-corrected chi connectivity index (χ0v) is 18.4. The van der Waals surface area contributed by atoms with E-state index >= 15 is 0 Å². The molecule has 29 heavy (non-hydrogen) atoms. The number of hydrogen-bond acceptors (Lipinski definition) is 6. The first kappa shape index (κ1) is 23.1. The number of hydrogen-bond donors (Lipinski definition) is 1. The van der Waals surface area contributed by atoms with Crippen molar-refractivity contribution in [2.45, 2.75) is 84.3 Å². The van der Waals surface area contributed by atoms with Crippen molar-refractivity contribution in [1.82, 2.24) is 15.1 Å². The Morgan fingerprint density at radius 3 is 2.55 bits per heavy atom. The lowest BCUT2D eigenvalue weighted by Gasteiger charge is -2.32. The van der Waals surface area contributed by atoms with Crippen LogP contribution in [0.25, 0.3) is 0 Å². The van der Waals surface area contributed by atoms with Gasteiger partial charge in [-0.15, -0.1) is 0 Å². The van der Waals surface area contributed by atoms with Crippen molar-refractivity contribution in [3.05, 3.63) is 0 Å². The van der Waals surface area contributed by atoms with E-state index in [9.17, 15) is 19.2 Å². The molecule has 9 nitrogen and oxygen atoms in total. The topological polar surface area (TPSA) is 105 Å². The number of rotatable bonds is 4. The highest BCUT2D eigenvalue weighted by Crippen LogP contribution is 2.41. The van der Waals surface area contributed by atoms with Crippen LogP contribution in [0.2, 0.25) is 0 Å². The Balaban J connectivity index is 2.09.